The summed E-state index contributed by atoms with van der Waals surface area (Å²) in [5.41, 5.74) is -2.85. The van der Waals surface area contributed by atoms with E-state index in [1.807, 2.05) is 0 Å². The Morgan fingerprint density at radius 1 is 1.08 bits per heavy atom. The summed E-state index contributed by atoms with van der Waals surface area (Å²) in [5.74, 6) is -3.70. The number of rotatable bonds is 10. The minimum Gasteiger partial charge on any atom is -0.444 e. The Labute approximate surface area is 285 Å². The number of sulfonamides is 1. The van der Waals surface area contributed by atoms with E-state index in [0.29, 0.717) is 18.4 Å². The van der Waals surface area contributed by atoms with Gasteiger partial charge in [-0.15, -0.1) is 6.58 Å². The highest BCUT2D eigenvalue weighted by Crippen LogP contribution is 2.45. The van der Waals surface area contributed by atoms with Crippen LogP contribution < -0.4 is 20.7 Å². The molecule has 3 fully saturated rings. The maximum absolute atomic E-state index is 14.3. The number of benzene rings is 1. The van der Waals surface area contributed by atoms with E-state index in [0.717, 1.165) is 4.90 Å². The van der Waals surface area contributed by atoms with E-state index in [4.69, 9.17) is 9.47 Å². The first-order valence-corrected chi connectivity index (χ1v) is 17.7. The lowest BCUT2D eigenvalue weighted by molar-refractivity contribution is -0.143. The Bertz CT molecular complexity index is 1630. The molecular weight excluding hydrogens is 661 g/mol. The number of likely N-dealkylation sites (tertiary alicyclic amines) is 1. The van der Waals surface area contributed by atoms with Gasteiger partial charge in [0.05, 0.1) is 17.5 Å². The summed E-state index contributed by atoms with van der Waals surface area (Å²) >= 11 is 0. The molecule has 2 aliphatic carbocycles. The van der Waals surface area contributed by atoms with Crippen LogP contribution in [-0.2, 0) is 33.9 Å². The van der Waals surface area contributed by atoms with Gasteiger partial charge in [0, 0.05) is 12.3 Å². The number of aryl methyl sites for hydroxylation is 1. The predicted octanol–water partition coefficient (Wildman–Crippen LogP) is 3.26. The number of anilines is 1. The fourth-order valence-corrected chi connectivity index (χ4v) is 7.02. The first kappa shape index (κ1) is 37.6. The Morgan fingerprint density at radius 3 is 2.29 bits per heavy atom. The van der Waals surface area contributed by atoms with E-state index in [-0.39, 0.29) is 25.1 Å². The number of alkyl carbamates (subject to hydrolysis) is 1. The molecule has 4 rings (SSSR count). The Hall–Kier alpha value is -4.21. The highest BCUT2D eigenvalue weighted by molar-refractivity contribution is 7.91. The third kappa shape index (κ3) is 9.08. The van der Waals surface area contributed by atoms with Crippen molar-refractivity contribution >= 4 is 45.6 Å². The number of halogens is 1. The molecule has 5 amide bonds. The zero-order valence-corrected chi connectivity index (χ0v) is 29.7. The highest BCUT2D eigenvalue weighted by atomic mass is 32.2. The molecule has 49 heavy (non-hydrogen) atoms. The SMILES string of the molecule is C=CC1CC1(NC(=O)C1CC(OC(=O)Nc2cc(C)ccc2F)CN1C(=O)C(NC(=O)OC(C)(C)C)C(C)(C)C)C(=O)NS(=O)(=O)C1CC1. The van der Waals surface area contributed by atoms with Crippen molar-refractivity contribution in [2.24, 2.45) is 11.3 Å². The normalized spacial score (nSPS) is 24.2. The smallest absolute Gasteiger partial charge is 0.412 e. The van der Waals surface area contributed by atoms with Crippen molar-refractivity contribution in [2.45, 2.75) is 109 Å². The van der Waals surface area contributed by atoms with Gasteiger partial charge in [-0.3, -0.25) is 24.4 Å². The maximum Gasteiger partial charge on any atom is 0.412 e. The average Bonchev–Trinajstić information content (AvgIpc) is 3.89. The molecule has 0 bridgehead atoms. The van der Waals surface area contributed by atoms with Crippen LogP contribution in [0.4, 0.5) is 19.7 Å². The maximum atomic E-state index is 14.3. The van der Waals surface area contributed by atoms with Gasteiger partial charge in [-0.25, -0.2) is 22.4 Å². The molecule has 0 aromatic heterocycles. The van der Waals surface area contributed by atoms with Crippen molar-refractivity contribution in [1.82, 2.24) is 20.3 Å². The van der Waals surface area contributed by atoms with Gasteiger partial charge >= 0.3 is 12.2 Å². The van der Waals surface area contributed by atoms with Gasteiger partial charge in [-0.05, 0) is 70.1 Å². The second-order valence-corrected chi connectivity index (χ2v) is 17.0. The minimum atomic E-state index is -3.94. The summed E-state index contributed by atoms with van der Waals surface area (Å²) in [7, 11) is -3.94. The first-order chi connectivity index (χ1) is 22.6. The first-order valence-electron chi connectivity index (χ1n) is 16.1. The van der Waals surface area contributed by atoms with Crippen LogP contribution in [0.2, 0.25) is 0 Å². The minimum absolute atomic E-state index is 0.0735. The monoisotopic (exact) mass is 707 g/mol. The van der Waals surface area contributed by atoms with Crippen molar-refractivity contribution in [3.8, 4) is 0 Å². The molecule has 3 aliphatic rings. The van der Waals surface area contributed by atoms with Crippen LogP contribution in [-0.4, -0.2) is 84.3 Å². The number of amides is 5. The Balaban J connectivity index is 1.59. The van der Waals surface area contributed by atoms with Gasteiger partial charge in [0.25, 0.3) is 5.91 Å². The molecule has 0 radical (unpaired) electrons. The highest BCUT2D eigenvalue weighted by Gasteiger charge is 2.62. The molecule has 5 atom stereocenters. The van der Waals surface area contributed by atoms with Gasteiger partial charge in [-0.2, -0.15) is 0 Å². The molecule has 1 aliphatic heterocycles. The molecular formula is C33H46FN5O9S. The summed E-state index contributed by atoms with van der Waals surface area (Å²) < 4.78 is 52.5. The fourth-order valence-electron chi connectivity index (χ4n) is 5.66. The van der Waals surface area contributed by atoms with E-state index in [1.165, 1.54) is 24.3 Å². The summed E-state index contributed by atoms with van der Waals surface area (Å²) in [5, 5.41) is 6.91. The van der Waals surface area contributed by atoms with E-state index in [2.05, 4.69) is 27.3 Å². The second-order valence-electron chi connectivity index (χ2n) is 15.0. The molecule has 2 saturated carbocycles. The standard InChI is InChI=1S/C33H46FN5O9S/c1-9-19-16-33(19,28(42)38-49(45,46)21-11-12-21)37-26(40)24-15-20(47-29(43)35-23-14-18(2)10-13-22(23)34)17-39(24)27(41)25(31(3,4)5)36-30(44)48-32(6,7)8/h9-10,13-14,19-21,24-25H,1,11-12,15-17H2,2-8H3,(H,35,43)(H,36,44)(H,37,40)(H,38,42). The van der Waals surface area contributed by atoms with Crippen LogP contribution in [0.5, 0.6) is 0 Å². The molecule has 14 nitrogen and oxygen atoms in total. The molecule has 1 aromatic rings. The summed E-state index contributed by atoms with van der Waals surface area (Å²) in [6, 6.07) is 1.59. The van der Waals surface area contributed by atoms with Crippen molar-refractivity contribution < 1.29 is 46.3 Å². The quantitative estimate of drug-likeness (QED) is 0.265. The Morgan fingerprint density at radius 2 is 1.73 bits per heavy atom. The largest absolute Gasteiger partial charge is 0.444 e. The number of hydrogen-bond donors (Lipinski definition) is 4. The number of hydrogen-bond acceptors (Lipinski definition) is 9. The lowest BCUT2D eigenvalue weighted by Crippen LogP contribution is -2.60. The van der Waals surface area contributed by atoms with E-state index >= 15 is 0 Å². The van der Waals surface area contributed by atoms with Crippen LogP contribution in [0.1, 0.15) is 72.8 Å². The van der Waals surface area contributed by atoms with E-state index < -0.39 is 91.7 Å². The van der Waals surface area contributed by atoms with Crippen LogP contribution in [0.15, 0.2) is 30.9 Å². The fraction of sp³-hybridized carbons (Fsp3) is 0.606. The average molecular weight is 708 g/mol. The van der Waals surface area contributed by atoms with Crippen LogP contribution in [0.25, 0.3) is 0 Å². The van der Waals surface area contributed by atoms with Gasteiger partial charge in [0.2, 0.25) is 21.8 Å². The van der Waals surface area contributed by atoms with Crippen molar-refractivity contribution in [2.75, 3.05) is 11.9 Å². The topological polar surface area (TPSA) is 189 Å². The van der Waals surface area contributed by atoms with E-state index in [9.17, 15) is 36.8 Å². The molecule has 4 N–H and O–H groups in total. The molecule has 270 valence electrons. The van der Waals surface area contributed by atoms with Crippen LogP contribution >= 0.6 is 0 Å². The van der Waals surface area contributed by atoms with E-state index in [1.54, 1.807) is 48.5 Å². The second kappa shape index (κ2) is 13.6. The lowest BCUT2D eigenvalue weighted by atomic mass is 9.85. The molecule has 5 unspecified atom stereocenters. The van der Waals surface area contributed by atoms with Crippen molar-refractivity contribution in [1.29, 1.82) is 0 Å². The third-order valence-corrected chi connectivity index (χ3v) is 10.3. The summed E-state index contributed by atoms with van der Waals surface area (Å²) in [6.07, 6.45) is -0.838. The number of carbonyl (C=O) groups excluding carboxylic acids is 5. The van der Waals surface area contributed by atoms with Crippen molar-refractivity contribution in [3.05, 3.63) is 42.2 Å². The summed E-state index contributed by atoms with van der Waals surface area (Å²) in [6.45, 7) is 15.2. The van der Waals surface area contributed by atoms with Gasteiger partial charge < -0.3 is 25.0 Å². The Kier molecular flexibility index (Phi) is 10.4. The van der Waals surface area contributed by atoms with Gasteiger partial charge in [0.15, 0.2) is 0 Å². The van der Waals surface area contributed by atoms with Crippen molar-refractivity contribution in [3.63, 3.8) is 0 Å². The van der Waals surface area contributed by atoms with Crippen LogP contribution in [0.3, 0.4) is 0 Å². The number of nitrogens with one attached hydrogen (secondary N) is 4. The molecule has 16 heteroatoms. The number of nitrogens with zero attached hydrogens (tertiary/aromatic N) is 1. The zero-order valence-electron chi connectivity index (χ0n) is 28.8. The lowest BCUT2D eigenvalue weighted by Gasteiger charge is -2.36. The number of carbonyl (C=O) groups is 5. The molecule has 1 heterocycles. The predicted molar refractivity (Wildman–Crippen MR) is 177 cm³/mol. The third-order valence-electron chi connectivity index (χ3n) is 8.50. The zero-order chi connectivity index (χ0) is 36.7. The molecule has 0 spiro atoms. The molecule has 1 aromatic carbocycles. The van der Waals surface area contributed by atoms with Gasteiger partial charge in [-0.1, -0.05) is 32.9 Å². The van der Waals surface area contributed by atoms with Crippen LogP contribution in [0, 0.1) is 24.1 Å². The van der Waals surface area contributed by atoms with Gasteiger partial charge in [0.1, 0.15) is 35.1 Å². The number of ether oxygens (including phenoxy) is 2. The molecule has 1 saturated heterocycles. The summed E-state index contributed by atoms with van der Waals surface area (Å²) in [4.78, 5) is 68.3.